The van der Waals surface area contributed by atoms with Crippen LogP contribution in [-0.4, -0.2) is 39.1 Å². The summed E-state index contributed by atoms with van der Waals surface area (Å²) in [4.78, 5) is 0. The van der Waals surface area contributed by atoms with Gasteiger partial charge in [-0.25, -0.2) is 0 Å². The molecule has 0 bridgehead atoms. The molecule has 2 aromatic rings. The van der Waals surface area contributed by atoms with Gasteiger partial charge in [0.25, 0.3) is 0 Å². The van der Waals surface area contributed by atoms with Gasteiger partial charge in [0.15, 0.2) is 22.5 Å². The van der Waals surface area contributed by atoms with Gasteiger partial charge < -0.3 is 9.47 Å². The smallest absolute Gasteiger partial charge is 0.191 e. The molecule has 8 heteroatoms. The Balaban J connectivity index is 1.66. The minimum absolute atomic E-state index is 0.321. The van der Waals surface area contributed by atoms with Crippen molar-refractivity contribution in [3.63, 3.8) is 0 Å². The van der Waals surface area contributed by atoms with Crippen molar-refractivity contribution in [1.82, 2.24) is 14.8 Å². The maximum absolute atomic E-state index is 6.21. The second-order valence-electron chi connectivity index (χ2n) is 7.51. The van der Waals surface area contributed by atoms with E-state index in [4.69, 9.17) is 32.7 Å². The van der Waals surface area contributed by atoms with Crippen LogP contribution in [0.1, 0.15) is 44.6 Å². The van der Waals surface area contributed by atoms with E-state index in [2.05, 4.69) is 14.8 Å². The van der Waals surface area contributed by atoms with Gasteiger partial charge in [0, 0.05) is 23.3 Å². The number of nitrogens with zero attached hydrogens (tertiary/aromatic N) is 3. The molecular weight excluding hydrogens is 417 g/mol. The Kier molecular flexibility index (Phi) is 6.00. The van der Waals surface area contributed by atoms with Gasteiger partial charge in [-0.15, -0.1) is 33.4 Å². The lowest BCUT2D eigenvalue weighted by Gasteiger charge is -2.25. The van der Waals surface area contributed by atoms with Crippen molar-refractivity contribution >= 4 is 35.0 Å². The number of ether oxygens (including phenoxy) is 2. The molecule has 2 aliphatic carbocycles. The molecule has 2 aliphatic rings. The van der Waals surface area contributed by atoms with E-state index in [9.17, 15) is 0 Å². The monoisotopic (exact) mass is 441 g/mol. The topological polar surface area (TPSA) is 49.2 Å². The largest absolute Gasteiger partial charge is 0.493 e. The van der Waals surface area contributed by atoms with Crippen molar-refractivity contribution in [2.45, 2.75) is 54.1 Å². The zero-order chi connectivity index (χ0) is 19.7. The van der Waals surface area contributed by atoms with Crippen molar-refractivity contribution < 1.29 is 9.47 Å². The molecule has 28 heavy (non-hydrogen) atoms. The summed E-state index contributed by atoms with van der Waals surface area (Å²) < 4.78 is 12.6. The van der Waals surface area contributed by atoms with E-state index >= 15 is 0 Å². The number of methoxy groups -OCH3 is 2. The Bertz CT molecular complexity index is 837. The summed E-state index contributed by atoms with van der Waals surface area (Å²) >= 11 is 14.1. The van der Waals surface area contributed by atoms with Crippen LogP contribution >= 0.6 is 35.0 Å². The molecule has 0 spiro atoms. The summed E-state index contributed by atoms with van der Waals surface area (Å²) in [7, 11) is 3.29. The van der Waals surface area contributed by atoms with Crippen LogP contribution in [0.4, 0.5) is 0 Å². The fourth-order valence-corrected chi connectivity index (χ4v) is 5.78. The zero-order valence-corrected chi connectivity index (χ0v) is 18.5. The molecule has 0 saturated heterocycles. The normalized spacial score (nSPS) is 21.5. The van der Waals surface area contributed by atoms with Gasteiger partial charge in [0.1, 0.15) is 4.33 Å². The Hall–Kier alpha value is -1.11. The van der Waals surface area contributed by atoms with Crippen molar-refractivity contribution in [1.29, 1.82) is 0 Å². The van der Waals surface area contributed by atoms with Gasteiger partial charge in [-0.2, -0.15) is 0 Å². The number of benzene rings is 1. The highest BCUT2D eigenvalue weighted by Crippen LogP contribution is 2.55. The summed E-state index contributed by atoms with van der Waals surface area (Å²) in [6.45, 7) is 0. The van der Waals surface area contributed by atoms with Gasteiger partial charge in [-0.1, -0.05) is 31.0 Å². The van der Waals surface area contributed by atoms with Crippen LogP contribution in [0.3, 0.4) is 0 Å². The fraction of sp³-hybridized carbons (Fsp3) is 0.600. The van der Waals surface area contributed by atoms with Gasteiger partial charge in [0.05, 0.1) is 14.2 Å². The molecule has 0 radical (unpaired) electrons. The summed E-state index contributed by atoms with van der Waals surface area (Å²) in [6, 6.07) is 6.33. The van der Waals surface area contributed by atoms with E-state index < -0.39 is 4.33 Å². The van der Waals surface area contributed by atoms with Gasteiger partial charge in [-0.05, 0) is 37.5 Å². The molecule has 0 amide bonds. The van der Waals surface area contributed by atoms with Crippen LogP contribution in [0, 0.1) is 5.92 Å². The van der Waals surface area contributed by atoms with Crippen molar-refractivity contribution in [2.75, 3.05) is 20.0 Å². The minimum atomic E-state index is -0.561. The van der Waals surface area contributed by atoms with E-state index in [1.54, 1.807) is 26.0 Å². The fourth-order valence-electron chi connectivity index (χ4n) is 3.84. The lowest BCUT2D eigenvalue weighted by Crippen LogP contribution is -2.15. The first-order valence-corrected chi connectivity index (χ1v) is 11.5. The van der Waals surface area contributed by atoms with E-state index in [0.717, 1.165) is 41.6 Å². The molecule has 152 valence electrons. The molecule has 1 heterocycles. The zero-order valence-electron chi connectivity index (χ0n) is 16.2. The van der Waals surface area contributed by atoms with Gasteiger partial charge in [0.2, 0.25) is 0 Å². The number of alkyl halides is 2. The highest BCUT2D eigenvalue weighted by atomic mass is 35.5. The van der Waals surface area contributed by atoms with Crippen molar-refractivity contribution in [2.24, 2.45) is 5.92 Å². The molecule has 2 fully saturated rings. The highest BCUT2D eigenvalue weighted by molar-refractivity contribution is 7.99. The molecule has 2 saturated carbocycles. The Morgan fingerprint density at radius 2 is 1.82 bits per heavy atom. The van der Waals surface area contributed by atoms with Crippen LogP contribution in [0.15, 0.2) is 23.4 Å². The number of aromatic nitrogens is 3. The Morgan fingerprint density at radius 1 is 1.11 bits per heavy atom. The van der Waals surface area contributed by atoms with Crippen molar-refractivity contribution in [3.05, 3.63) is 18.2 Å². The summed E-state index contributed by atoms with van der Waals surface area (Å²) in [5, 5.41) is 10.0. The molecule has 0 N–H and O–H groups in total. The average molecular weight is 442 g/mol. The second kappa shape index (κ2) is 8.33. The third-order valence-corrected chi connectivity index (χ3v) is 7.65. The number of hydrogen-bond acceptors (Lipinski definition) is 5. The predicted octanol–water partition coefficient (Wildman–Crippen LogP) is 5.75. The molecular formula is C20H25Cl2N3O2S. The summed E-state index contributed by atoms with van der Waals surface area (Å²) in [5.74, 6) is 3.47. The van der Waals surface area contributed by atoms with E-state index in [-0.39, 0.29) is 0 Å². The van der Waals surface area contributed by atoms with Crippen molar-refractivity contribution in [3.8, 4) is 22.9 Å². The number of hydrogen-bond donors (Lipinski definition) is 0. The van der Waals surface area contributed by atoms with E-state index in [0.29, 0.717) is 23.5 Å². The van der Waals surface area contributed by atoms with E-state index in [1.165, 1.54) is 19.3 Å². The average Bonchev–Trinajstić information content (AvgIpc) is 3.13. The lowest BCUT2D eigenvalue weighted by molar-refractivity contribution is 0.339. The maximum atomic E-state index is 6.21. The molecule has 0 aliphatic heterocycles. The number of rotatable bonds is 7. The SMILES string of the molecule is COc1ccc(-c2nnc(SCC3CC3(Cl)Cl)n2C2CCCCC2)cc1OC. The number of thioether (sulfide) groups is 1. The quantitative estimate of drug-likeness (QED) is 0.404. The molecule has 1 atom stereocenters. The Labute approximate surface area is 180 Å². The third kappa shape index (κ3) is 4.10. The lowest BCUT2D eigenvalue weighted by atomic mass is 9.95. The van der Waals surface area contributed by atoms with Gasteiger partial charge in [-0.3, -0.25) is 4.57 Å². The first kappa shape index (κ1) is 20.2. The van der Waals surface area contributed by atoms with Crippen LogP contribution in [0.25, 0.3) is 11.4 Å². The van der Waals surface area contributed by atoms with Gasteiger partial charge >= 0.3 is 0 Å². The van der Waals surface area contributed by atoms with Crippen LogP contribution in [0.2, 0.25) is 0 Å². The van der Waals surface area contributed by atoms with Crippen LogP contribution in [0.5, 0.6) is 11.5 Å². The first-order valence-electron chi connectivity index (χ1n) is 9.71. The molecule has 1 aromatic carbocycles. The molecule has 1 unspecified atom stereocenters. The number of halogens is 2. The molecule has 1 aromatic heterocycles. The summed E-state index contributed by atoms with van der Waals surface area (Å²) in [6.07, 6.45) is 6.95. The molecule has 4 rings (SSSR count). The van der Waals surface area contributed by atoms with E-state index in [1.807, 2.05) is 18.2 Å². The van der Waals surface area contributed by atoms with Crippen LogP contribution in [-0.2, 0) is 0 Å². The Morgan fingerprint density at radius 3 is 2.46 bits per heavy atom. The highest BCUT2D eigenvalue weighted by Gasteiger charge is 2.51. The predicted molar refractivity (Wildman–Crippen MR) is 114 cm³/mol. The first-order chi connectivity index (χ1) is 13.5. The second-order valence-corrected chi connectivity index (χ2v) is 10.0. The van der Waals surface area contributed by atoms with Crippen LogP contribution < -0.4 is 9.47 Å². The summed E-state index contributed by atoms with van der Waals surface area (Å²) in [5.41, 5.74) is 0.984. The minimum Gasteiger partial charge on any atom is -0.493 e. The third-order valence-electron chi connectivity index (χ3n) is 5.62. The molecule has 5 nitrogen and oxygen atoms in total. The maximum Gasteiger partial charge on any atom is 0.191 e. The standard InChI is InChI=1S/C20H25Cl2N3O2S/c1-26-16-9-8-13(10-17(16)27-2)18-23-24-19(28-12-14-11-20(14,21)22)25(18)15-6-4-3-5-7-15/h8-10,14-15H,3-7,11-12H2,1-2H3.